The van der Waals surface area contributed by atoms with Crippen LogP contribution in [0, 0.1) is 0 Å². The summed E-state index contributed by atoms with van der Waals surface area (Å²) < 4.78 is 8.17. The van der Waals surface area contributed by atoms with Gasteiger partial charge in [-0.1, -0.05) is 44.2 Å². The van der Waals surface area contributed by atoms with Crippen molar-refractivity contribution >= 4 is 6.09 Å². The summed E-state index contributed by atoms with van der Waals surface area (Å²) in [7, 11) is 0. The van der Waals surface area contributed by atoms with E-state index in [4.69, 9.17) is 9.84 Å². The third-order valence-corrected chi connectivity index (χ3v) is 4.35. The number of aliphatic hydroxyl groups excluding tert-OH is 1. The third kappa shape index (κ3) is 5.81. The van der Waals surface area contributed by atoms with Crippen LogP contribution in [0.2, 0.25) is 0 Å². The van der Waals surface area contributed by atoms with Gasteiger partial charge >= 0.3 is 6.09 Å². The summed E-state index contributed by atoms with van der Waals surface area (Å²) in [4.78, 5) is 10.7. The van der Waals surface area contributed by atoms with E-state index in [9.17, 15) is 9.90 Å². The van der Waals surface area contributed by atoms with Gasteiger partial charge in [-0.3, -0.25) is 0 Å². The normalized spacial score (nSPS) is 12.2. The van der Waals surface area contributed by atoms with Gasteiger partial charge in [-0.25, -0.2) is 4.79 Å². The maximum Gasteiger partial charge on any atom is 0.404 e. The fraction of sp³-hybridized carbons (Fsp3) is 0.450. The smallest absolute Gasteiger partial charge is 0.404 e. The van der Waals surface area contributed by atoms with E-state index in [1.165, 1.54) is 0 Å². The average Bonchev–Trinajstić information content (AvgIpc) is 3.00. The molecule has 142 valence electrons. The molecule has 0 bridgehead atoms. The Bertz CT molecular complexity index is 680. The summed E-state index contributed by atoms with van der Waals surface area (Å²) in [5.41, 5.74) is 2.03. The topological polar surface area (TPSA) is 83.7 Å². The maximum absolute atomic E-state index is 10.7. The van der Waals surface area contributed by atoms with Gasteiger partial charge in [0.05, 0.1) is 17.9 Å². The number of carboxylic acid groups (broad SMARTS) is 1. The zero-order chi connectivity index (χ0) is 18.9. The second-order valence-corrected chi connectivity index (χ2v) is 6.34. The van der Waals surface area contributed by atoms with Gasteiger partial charge in [-0.2, -0.15) is 0 Å². The molecule has 1 unspecified atom stereocenters. The van der Waals surface area contributed by atoms with Crippen molar-refractivity contribution in [2.75, 3.05) is 6.54 Å². The number of aliphatic hydroxyl groups is 1. The molecule has 1 amide bonds. The Labute approximate surface area is 154 Å². The van der Waals surface area contributed by atoms with E-state index in [0.29, 0.717) is 13.0 Å². The number of ether oxygens (including phenoxy) is 1. The molecule has 1 atom stereocenters. The molecule has 2 rings (SSSR count). The molecule has 0 aliphatic rings. The van der Waals surface area contributed by atoms with Crippen LogP contribution >= 0.6 is 0 Å². The molecule has 6 heteroatoms. The number of aromatic nitrogens is 1. The van der Waals surface area contributed by atoms with E-state index in [-0.39, 0.29) is 12.6 Å². The van der Waals surface area contributed by atoms with Crippen LogP contribution in [0.3, 0.4) is 0 Å². The number of carbonyl (C=O) groups is 1. The molecule has 0 saturated heterocycles. The van der Waals surface area contributed by atoms with Crippen LogP contribution in [-0.4, -0.2) is 39.6 Å². The predicted molar refractivity (Wildman–Crippen MR) is 101 cm³/mol. The van der Waals surface area contributed by atoms with Gasteiger partial charge in [0.2, 0.25) is 0 Å². The van der Waals surface area contributed by atoms with Crippen molar-refractivity contribution in [2.24, 2.45) is 0 Å². The summed E-state index contributed by atoms with van der Waals surface area (Å²) in [6, 6.07) is 12.0. The van der Waals surface area contributed by atoms with E-state index >= 15 is 0 Å². The number of hydrogen-bond donors (Lipinski definition) is 3. The molecule has 0 fully saturated rings. The van der Waals surface area contributed by atoms with Gasteiger partial charge in [-0.05, 0) is 24.5 Å². The first-order chi connectivity index (χ1) is 12.5. The van der Waals surface area contributed by atoms with Crippen molar-refractivity contribution in [1.82, 2.24) is 9.88 Å². The summed E-state index contributed by atoms with van der Waals surface area (Å²) in [5.74, 6) is 0.754. The monoisotopic (exact) mass is 360 g/mol. The molecule has 0 saturated carbocycles. The van der Waals surface area contributed by atoms with Crippen LogP contribution in [0.5, 0.6) is 5.75 Å². The van der Waals surface area contributed by atoms with Gasteiger partial charge in [0.15, 0.2) is 0 Å². The number of hydrogen-bond acceptors (Lipinski definition) is 3. The molecular weight excluding hydrogens is 332 g/mol. The minimum absolute atomic E-state index is 0.0176. The first kappa shape index (κ1) is 19.8. The van der Waals surface area contributed by atoms with Crippen molar-refractivity contribution in [3.8, 4) is 5.75 Å². The number of benzene rings is 1. The number of nitrogens with one attached hydrogen (secondary N) is 1. The lowest BCUT2D eigenvalue weighted by Crippen LogP contribution is -2.32. The van der Waals surface area contributed by atoms with Crippen LogP contribution in [0.4, 0.5) is 4.79 Å². The standard InChI is InChI=1S/C20H28N2O4/c1-3-17(4-2)26-19-10-11-22(14-15-8-6-5-7-9-15)18(19)12-16(23)13-21-20(24)25/h5-11,16-17,21,23H,3-4,12-14H2,1-2H3,(H,24,25). The first-order valence-electron chi connectivity index (χ1n) is 9.06. The Morgan fingerprint density at radius 3 is 2.50 bits per heavy atom. The zero-order valence-corrected chi connectivity index (χ0v) is 15.4. The van der Waals surface area contributed by atoms with Gasteiger partial charge in [-0.15, -0.1) is 0 Å². The highest BCUT2D eigenvalue weighted by Crippen LogP contribution is 2.25. The Morgan fingerprint density at radius 2 is 1.88 bits per heavy atom. The van der Waals surface area contributed by atoms with Crippen molar-refractivity contribution < 1.29 is 19.7 Å². The minimum atomic E-state index is -1.14. The molecule has 2 aromatic rings. The lowest BCUT2D eigenvalue weighted by molar-refractivity contribution is 0.152. The van der Waals surface area contributed by atoms with Gasteiger partial charge in [0, 0.05) is 25.7 Å². The lowest BCUT2D eigenvalue weighted by Gasteiger charge is -2.19. The molecule has 3 N–H and O–H groups in total. The van der Waals surface area contributed by atoms with Crippen molar-refractivity contribution in [1.29, 1.82) is 0 Å². The van der Waals surface area contributed by atoms with E-state index < -0.39 is 12.2 Å². The SMILES string of the molecule is CCC(CC)Oc1ccn(Cc2ccccc2)c1CC(O)CNC(=O)O. The van der Waals surface area contributed by atoms with Crippen molar-refractivity contribution in [2.45, 2.75) is 51.9 Å². The van der Waals surface area contributed by atoms with Crippen molar-refractivity contribution in [3.63, 3.8) is 0 Å². The highest BCUT2D eigenvalue weighted by atomic mass is 16.5. The highest BCUT2D eigenvalue weighted by molar-refractivity contribution is 5.64. The minimum Gasteiger partial charge on any atom is -0.489 e. The third-order valence-electron chi connectivity index (χ3n) is 4.35. The number of nitrogens with zero attached hydrogens (tertiary/aromatic N) is 1. The molecule has 1 aromatic carbocycles. The second kappa shape index (κ2) is 9.87. The van der Waals surface area contributed by atoms with E-state index in [0.717, 1.165) is 29.8 Å². The van der Waals surface area contributed by atoms with Gasteiger partial charge in [0.25, 0.3) is 0 Å². The Hall–Kier alpha value is -2.47. The van der Waals surface area contributed by atoms with E-state index in [1.54, 1.807) is 0 Å². The average molecular weight is 360 g/mol. The van der Waals surface area contributed by atoms with Crippen LogP contribution in [0.25, 0.3) is 0 Å². The summed E-state index contributed by atoms with van der Waals surface area (Å²) in [6.07, 6.45) is 2.24. The molecule has 0 aliphatic carbocycles. The fourth-order valence-corrected chi connectivity index (χ4v) is 2.87. The highest BCUT2D eigenvalue weighted by Gasteiger charge is 2.18. The van der Waals surface area contributed by atoms with Crippen LogP contribution < -0.4 is 10.1 Å². The Kier molecular flexibility index (Phi) is 7.53. The number of amides is 1. The molecule has 0 radical (unpaired) electrons. The summed E-state index contributed by atoms with van der Waals surface area (Å²) >= 11 is 0. The molecule has 0 aliphatic heterocycles. The lowest BCUT2D eigenvalue weighted by atomic mass is 10.1. The molecule has 0 spiro atoms. The Morgan fingerprint density at radius 1 is 1.19 bits per heavy atom. The Balaban J connectivity index is 2.20. The van der Waals surface area contributed by atoms with E-state index in [2.05, 4.69) is 23.7 Å². The van der Waals surface area contributed by atoms with Crippen LogP contribution in [0.1, 0.15) is 37.9 Å². The fourth-order valence-electron chi connectivity index (χ4n) is 2.87. The summed E-state index contributed by atoms with van der Waals surface area (Å²) in [6.45, 7) is 4.82. The quantitative estimate of drug-likeness (QED) is 0.607. The van der Waals surface area contributed by atoms with Gasteiger partial charge < -0.3 is 24.8 Å². The maximum atomic E-state index is 10.7. The second-order valence-electron chi connectivity index (χ2n) is 6.34. The number of rotatable bonds is 10. The molecule has 26 heavy (non-hydrogen) atoms. The largest absolute Gasteiger partial charge is 0.489 e. The first-order valence-corrected chi connectivity index (χ1v) is 9.06. The summed E-state index contributed by atoms with van der Waals surface area (Å²) in [5, 5.41) is 21.2. The predicted octanol–water partition coefficient (Wildman–Crippen LogP) is 3.27. The molecule has 6 nitrogen and oxygen atoms in total. The van der Waals surface area contributed by atoms with E-state index in [1.807, 2.05) is 42.6 Å². The molecule has 1 heterocycles. The molecular formula is C20H28N2O4. The van der Waals surface area contributed by atoms with Crippen LogP contribution in [0.15, 0.2) is 42.6 Å². The molecule has 1 aromatic heterocycles. The van der Waals surface area contributed by atoms with Gasteiger partial charge in [0.1, 0.15) is 5.75 Å². The van der Waals surface area contributed by atoms with Crippen LogP contribution in [-0.2, 0) is 13.0 Å². The van der Waals surface area contributed by atoms with Crippen molar-refractivity contribution in [3.05, 3.63) is 53.9 Å². The zero-order valence-electron chi connectivity index (χ0n) is 15.4.